The molecular weight excluding hydrogens is 462 g/mol. The highest BCUT2D eigenvalue weighted by Crippen LogP contribution is 2.41. The first-order chi connectivity index (χ1) is 15.5. The number of benzene rings is 2. The molecule has 0 saturated carbocycles. The maximum Gasteiger partial charge on any atom is 0.248 e. The predicted octanol–water partition coefficient (Wildman–Crippen LogP) is 5.93. The van der Waals surface area contributed by atoms with E-state index in [0.29, 0.717) is 36.9 Å². The molecule has 8 heteroatoms. The summed E-state index contributed by atoms with van der Waals surface area (Å²) in [6.07, 6.45) is 5.48. The minimum absolute atomic E-state index is 0.270. The van der Waals surface area contributed by atoms with Gasteiger partial charge >= 0.3 is 0 Å². The molecule has 176 valence electrons. The van der Waals surface area contributed by atoms with Gasteiger partial charge in [-0.25, -0.2) is 8.42 Å². The third kappa shape index (κ3) is 6.44. The van der Waals surface area contributed by atoms with Gasteiger partial charge in [0.05, 0.1) is 13.2 Å². The number of unbranched alkanes of at least 4 members (excludes halogenated alkanes) is 2. The molecular formula is C24H33NO4S3. The van der Waals surface area contributed by atoms with Crippen molar-refractivity contribution in [2.45, 2.75) is 65.2 Å². The van der Waals surface area contributed by atoms with E-state index >= 15 is 0 Å². The number of fused-ring (bicyclic) bond motifs is 1. The first kappa shape index (κ1) is 25.4. The van der Waals surface area contributed by atoms with Crippen molar-refractivity contribution in [3.63, 3.8) is 0 Å². The summed E-state index contributed by atoms with van der Waals surface area (Å²) in [4.78, 5) is 3.13. The Hall–Kier alpha value is -1.19. The standard InChI is InChI=1S/C24H33NO4S3/c1-4-6-15-25-17-19(18-28-16-7-5-2)29-22-9-8-10-23(24(22)32(25,26)27)31-21-13-11-20(30-3)12-14-21/h8-14,19H,4-7,15-18H2,1-3H3. The Morgan fingerprint density at radius 2 is 1.78 bits per heavy atom. The van der Waals surface area contributed by atoms with Gasteiger partial charge in [-0.15, -0.1) is 11.8 Å². The van der Waals surface area contributed by atoms with Crippen LogP contribution in [0.25, 0.3) is 0 Å². The largest absolute Gasteiger partial charge is 0.485 e. The second-order valence-electron chi connectivity index (χ2n) is 7.75. The van der Waals surface area contributed by atoms with E-state index in [2.05, 4.69) is 26.0 Å². The van der Waals surface area contributed by atoms with E-state index in [9.17, 15) is 8.42 Å². The number of sulfonamides is 1. The molecule has 1 aliphatic rings. The Bertz CT molecular complexity index is 964. The Morgan fingerprint density at radius 1 is 1.06 bits per heavy atom. The van der Waals surface area contributed by atoms with Crippen LogP contribution in [0, 0.1) is 0 Å². The zero-order valence-corrected chi connectivity index (χ0v) is 21.5. The summed E-state index contributed by atoms with van der Waals surface area (Å²) in [6.45, 7) is 6.01. The fourth-order valence-corrected chi connectivity index (χ4v) is 6.86. The van der Waals surface area contributed by atoms with Gasteiger partial charge in [-0.1, -0.05) is 44.5 Å². The van der Waals surface area contributed by atoms with Gasteiger partial charge in [0.1, 0.15) is 16.7 Å². The normalized spacial score (nSPS) is 18.0. The number of hydrogen-bond donors (Lipinski definition) is 0. The summed E-state index contributed by atoms with van der Waals surface area (Å²) < 4.78 is 41.1. The summed E-state index contributed by atoms with van der Waals surface area (Å²) in [5, 5.41) is 0. The monoisotopic (exact) mass is 495 g/mol. The predicted molar refractivity (Wildman–Crippen MR) is 133 cm³/mol. The molecule has 0 saturated heterocycles. The van der Waals surface area contributed by atoms with Gasteiger partial charge in [0.2, 0.25) is 10.0 Å². The molecule has 2 aromatic rings. The highest BCUT2D eigenvalue weighted by molar-refractivity contribution is 8.00. The van der Waals surface area contributed by atoms with Gasteiger partial charge in [-0.05, 0) is 55.5 Å². The van der Waals surface area contributed by atoms with Gasteiger partial charge in [-0.2, -0.15) is 4.31 Å². The Labute approximate surface area is 201 Å². The van der Waals surface area contributed by atoms with Crippen LogP contribution in [0.2, 0.25) is 0 Å². The lowest BCUT2D eigenvalue weighted by molar-refractivity contribution is 0.0410. The van der Waals surface area contributed by atoms with Gasteiger partial charge in [0, 0.05) is 27.8 Å². The minimum Gasteiger partial charge on any atom is -0.485 e. The van der Waals surface area contributed by atoms with Crippen molar-refractivity contribution in [1.82, 2.24) is 4.31 Å². The molecule has 0 radical (unpaired) electrons. The third-order valence-electron chi connectivity index (χ3n) is 5.24. The Balaban J connectivity index is 1.94. The fourth-order valence-electron chi connectivity index (χ4n) is 3.46. The van der Waals surface area contributed by atoms with Crippen LogP contribution in [0.1, 0.15) is 39.5 Å². The van der Waals surface area contributed by atoms with E-state index in [1.54, 1.807) is 22.1 Å². The number of rotatable bonds is 11. The van der Waals surface area contributed by atoms with Crippen LogP contribution in [-0.2, 0) is 14.8 Å². The van der Waals surface area contributed by atoms with E-state index in [0.717, 1.165) is 30.6 Å². The summed E-state index contributed by atoms with van der Waals surface area (Å²) in [7, 11) is -3.70. The zero-order chi connectivity index (χ0) is 23.0. The zero-order valence-electron chi connectivity index (χ0n) is 19.1. The Morgan fingerprint density at radius 3 is 2.47 bits per heavy atom. The van der Waals surface area contributed by atoms with Crippen molar-refractivity contribution in [2.24, 2.45) is 0 Å². The highest BCUT2D eigenvalue weighted by Gasteiger charge is 2.36. The van der Waals surface area contributed by atoms with Crippen LogP contribution in [0.4, 0.5) is 0 Å². The first-order valence-corrected chi connectivity index (χ1v) is 14.7. The molecule has 0 aromatic heterocycles. The van der Waals surface area contributed by atoms with Gasteiger partial charge < -0.3 is 9.47 Å². The van der Waals surface area contributed by atoms with Gasteiger partial charge in [0.25, 0.3) is 0 Å². The summed E-state index contributed by atoms with van der Waals surface area (Å²) in [5.41, 5.74) is 0. The number of thioether (sulfide) groups is 1. The van der Waals surface area contributed by atoms with Crippen molar-refractivity contribution >= 4 is 33.5 Å². The number of nitrogens with zero attached hydrogens (tertiary/aromatic N) is 1. The molecule has 0 aliphatic carbocycles. The third-order valence-corrected chi connectivity index (χ3v) is 9.13. The van der Waals surface area contributed by atoms with Crippen LogP contribution in [0.15, 0.2) is 62.0 Å². The molecule has 0 bridgehead atoms. The molecule has 0 fully saturated rings. The lowest BCUT2D eigenvalue weighted by Crippen LogP contribution is -2.39. The quantitative estimate of drug-likeness (QED) is 0.285. The average Bonchev–Trinajstić information content (AvgIpc) is 2.90. The number of hydrogen-bond acceptors (Lipinski definition) is 6. The van der Waals surface area contributed by atoms with Crippen LogP contribution >= 0.6 is 23.5 Å². The number of ether oxygens (including phenoxy) is 2. The van der Waals surface area contributed by atoms with Crippen molar-refractivity contribution in [1.29, 1.82) is 0 Å². The molecule has 1 aliphatic heterocycles. The van der Waals surface area contributed by atoms with Crippen molar-refractivity contribution in [3.05, 3.63) is 42.5 Å². The molecule has 1 heterocycles. The lowest BCUT2D eigenvalue weighted by Gasteiger charge is -2.23. The summed E-state index contributed by atoms with van der Waals surface area (Å²) >= 11 is 3.14. The second-order valence-corrected chi connectivity index (χ2v) is 11.6. The summed E-state index contributed by atoms with van der Waals surface area (Å²) in [6, 6.07) is 13.6. The SMILES string of the molecule is CCCCOCC1CN(CCCC)S(=O)(=O)c2c(cccc2Sc2ccc(SC)cc2)O1. The van der Waals surface area contributed by atoms with Crippen LogP contribution in [-0.4, -0.2) is 51.4 Å². The lowest BCUT2D eigenvalue weighted by atomic mass is 10.3. The second kappa shape index (κ2) is 12.3. The van der Waals surface area contributed by atoms with Gasteiger partial charge in [0.15, 0.2) is 0 Å². The molecule has 0 amide bonds. The molecule has 32 heavy (non-hydrogen) atoms. The molecule has 0 N–H and O–H groups in total. The topological polar surface area (TPSA) is 55.8 Å². The minimum atomic E-state index is -3.70. The fraction of sp³-hybridized carbons (Fsp3) is 0.500. The first-order valence-electron chi connectivity index (χ1n) is 11.2. The van der Waals surface area contributed by atoms with Gasteiger partial charge in [-0.3, -0.25) is 0 Å². The molecule has 3 rings (SSSR count). The maximum absolute atomic E-state index is 13.8. The molecule has 1 unspecified atom stereocenters. The maximum atomic E-state index is 13.8. The molecule has 2 aromatic carbocycles. The van der Waals surface area contributed by atoms with E-state index < -0.39 is 10.0 Å². The van der Waals surface area contributed by atoms with Crippen LogP contribution in [0.5, 0.6) is 5.75 Å². The van der Waals surface area contributed by atoms with Crippen molar-refractivity contribution < 1.29 is 17.9 Å². The van der Waals surface area contributed by atoms with E-state index in [-0.39, 0.29) is 11.0 Å². The van der Waals surface area contributed by atoms with Crippen LogP contribution < -0.4 is 4.74 Å². The summed E-state index contributed by atoms with van der Waals surface area (Å²) in [5.74, 6) is 0.416. The van der Waals surface area contributed by atoms with Crippen molar-refractivity contribution in [2.75, 3.05) is 32.6 Å². The molecule has 1 atom stereocenters. The average molecular weight is 496 g/mol. The molecule has 5 nitrogen and oxygen atoms in total. The molecule has 0 spiro atoms. The van der Waals surface area contributed by atoms with Crippen LogP contribution in [0.3, 0.4) is 0 Å². The van der Waals surface area contributed by atoms with E-state index in [4.69, 9.17) is 9.47 Å². The van der Waals surface area contributed by atoms with E-state index in [1.165, 1.54) is 16.7 Å². The van der Waals surface area contributed by atoms with Crippen molar-refractivity contribution in [3.8, 4) is 5.75 Å². The Kier molecular flexibility index (Phi) is 9.79. The highest BCUT2D eigenvalue weighted by atomic mass is 32.2. The van der Waals surface area contributed by atoms with E-state index in [1.807, 2.05) is 30.5 Å². The smallest absolute Gasteiger partial charge is 0.248 e.